The van der Waals surface area contributed by atoms with Gasteiger partial charge in [0.05, 0.1) is 0 Å². The molecule has 1 amide bonds. The Morgan fingerprint density at radius 3 is 3.10 bits per heavy atom. The normalized spacial score (nSPS) is 19.1. The summed E-state index contributed by atoms with van der Waals surface area (Å²) in [5.41, 5.74) is 11.8. The number of carbonyl (C=O) groups is 1. The topological polar surface area (TPSA) is 97.3 Å². The van der Waals surface area contributed by atoms with Crippen LogP contribution in [0.2, 0.25) is 0 Å². The van der Waals surface area contributed by atoms with Crippen molar-refractivity contribution in [3.05, 3.63) is 4.88 Å². The number of nitrogen functional groups attached to an aromatic ring is 1. The number of amides is 1. The van der Waals surface area contributed by atoms with E-state index >= 15 is 0 Å². The van der Waals surface area contributed by atoms with Crippen molar-refractivity contribution >= 4 is 28.2 Å². The molecule has 0 saturated carbocycles. The van der Waals surface area contributed by atoms with Gasteiger partial charge in [0, 0.05) is 25.7 Å². The number of nitrogens with two attached hydrogens (primary N) is 2. The minimum Gasteiger partial charge on any atom is -0.382 e. The minimum absolute atomic E-state index is 0.124. The number of anilines is 2. The van der Waals surface area contributed by atoms with Crippen LogP contribution in [0.25, 0.3) is 0 Å². The second-order valence-electron chi connectivity index (χ2n) is 5.17. The summed E-state index contributed by atoms with van der Waals surface area (Å²) in [5.74, 6) is 0.194. The highest BCUT2D eigenvalue weighted by atomic mass is 32.1. The molecule has 6 nitrogen and oxygen atoms in total. The average Bonchev–Trinajstić information content (AvgIpc) is 2.81. The first kappa shape index (κ1) is 15.1. The van der Waals surface area contributed by atoms with Crippen LogP contribution in [0, 0.1) is 0 Å². The molecule has 20 heavy (non-hydrogen) atoms. The molecule has 1 aromatic rings. The lowest BCUT2D eigenvalue weighted by atomic mass is 10.1. The third-order valence-corrected chi connectivity index (χ3v) is 4.52. The van der Waals surface area contributed by atoms with Crippen LogP contribution in [0.15, 0.2) is 0 Å². The summed E-state index contributed by atoms with van der Waals surface area (Å²) < 4.78 is 0. The Hall–Kier alpha value is -1.34. The van der Waals surface area contributed by atoms with E-state index in [1.807, 2.05) is 0 Å². The van der Waals surface area contributed by atoms with Crippen LogP contribution >= 0.6 is 11.3 Å². The lowest BCUT2D eigenvalue weighted by Crippen LogP contribution is -2.42. The van der Waals surface area contributed by atoms with E-state index in [4.69, 9.17) is 11.5 Å². The Bertz CT molecular complexity index is 462. The Kier molecular flexibility index (Phi) is 5.19. The number of nitrogens with one attached hydrogen (secondary N) is 1. The van der Waals surface area contributed by atoms with Crippen molar-refractivity contribution in [2.24, 2.45) is 5.73 Å². The number of rotatable bonds is 5. The van der Waals surface area contributed by atoms with Crippen LogP contribution in [-0.2, 0) is 0 Å². The summed E-state index contributed by atoms with van der Waals surface area (Å²) in [4.78, 5) is 19.0. The second-order valence-corrected chi connectivity index (χ2v) is 6.15. The number of thiazole rings is 1. The van der Waals surface area contributed by atoms with E-state index < -0.39 is 0 Å². The van der Waals surface area contributed by atoms with Crippen molar-refractivity contribution in [2.75, 3.05) is 30.3 Å². The molecule has 0 aliphatic carbocycles. The minimum atomic E-state index is -0.124. The van der Waals surface area contributed by atoms with Gasteiger partial charge in [-0.05, 0) is 19.3 Å². The molecule has 1 unspecified atom stereocenters. The maximum atomic E-state index is 12.0. The van der Waals surface area contributed by atoms with Crippen LogP contribution in [0.5, 0.6) is 0 Å². The van der Waals surface area contributed by atoms with Gasteiger partial charge >= 0.3 is 0 Å². The van der Waals surface area contributed by atoms with Crippen molar-refractivity contribution in [2.45, 2.75) is 38.6 Å². The molecule has 0 aromatic carbocycles. The molecule has 112 valence electrons. The van der Waals surface area contributed by atoms with E-state index in [2.05, 4.69) is 22.1 Å². The maximum Gasteiger partial charge on any atom is 0.265 e. The van der Waals surface area contributed by atoms with E-state index in [0.29, 0.717) is 17.2 Å². The van der Waals surface area contributed by atoms with Crippen LogP contribution in [0.3, 0.4) is 0 Å². The van der Waals surface area contributed by atoms with Crippen molar-refractivity contribution < 1.29 is 4.79 Å². The van der Waals surface area contributed by atoms with Gasteiger partial charge in [0.15, 0.2) is 5.13 Å². The van der Waals surface area contributed by atoms with Crippen LogP contribution in [0.1, 0.15) is 42.3 Å². The van der Waals surface area contributed by atoms with Gasteiger partial charge in [0.1, 0.15) is 10.7 Å². The Morgan fingerprint density at radius 1 is 1.60 bits per heavy atom. The van der Waals surface area contributed by atoms with Crippen molar-refractivity contribution in [3.63, 3.8) is 0 Å². The number of aromatic nitrogens is 1. The van der Waals surface area contributed by atoms with Crippen molar-refractivity contribution in [1.82, 2.24) is 10.3 Å². The molecule has 2 heterocycles. The molecule has 1 aliphatic heterocycles. The predicted octanol–water partition coefficient (Wildman–Crippen LogP) is 1.18. The van der Waals surface area contributed by atoms with Gasteiger partial charge in [-0.1, -0.05) is 24.7 Å². The molecular weight excluding hydrogens is 274 g/mol. The molecule has 0 radical (unpaired) electrons. The average molecular weight is 297 g/mol. The number of nitrogens with zero attached hydrogens (tertiary/aromatic N) is 2. The van der Waals surface area contributed by atoms with Gasteiger partial charge in [-0.3, -0.25) is 4.79 Å². The van der Waals surface area contributed by atoms with Gasteiger partial charge in [-0.15, -0.1) is 0 Å². The fourth-order valence-electron chi connectivity index (χ4n) is 2.26. The molecule has 2 rings (SSSR count). The molecule has 1 saturated heterocycles. The predicted molar refractivity (Wildman–Crippen MR) is 83.2 cm³/mol. The highest BCUT2D eigenvalue weighted by Crippen LogP contribution is 2.29. The monoisotopic (exact) mass is 297 g/mol. The summed E-state index contributed by atoms with van der Waals surface area (Å²) in [6.07, 6.45) is 4.12. The van der Waals surface area contributed by atoms with Gasteiger partial charge in [0.2, 0.25) is 0 Å². The first-order valence-electron chi connectivity index (χ1n) is 7.16. The van der Waals surface area contributed by atoms with Crippen LogP contribution in [0.4, 0.5) is 10.9 Å². The Morgan fingerprint density at radius 2 is 2.40 bits per heavy atom. The molecule has 5 N–H and O–H groups in total. The summed E-state index contributed by atoms with van der Waals surface area (Å²) in [6, 6.07) is 0.177. The van der Waals surface area contributed by atoms with Crippen LogP contribution < -0.4 is 21.7 Å². The zero-order chi connectivity index (χ0) is 14.5. The summed E-state index contributed by atoms with van der Waals surface area (Å²) in [7, 11) is 0. The van der Waals surface area contributed by atoms with E-state index in [1.165, 1.54) is 11.3 Å². The zero-order valence-corrected chi connectivity index (χ0v) is 12.7. The number of unbranched alkanes of at least 4 members (excludes halogenated alkanes) is 1. The summed E-state index contributed by atoms with van der Waals surface area (Å²) in [5, 5.41) is 3.68. The highest BCUT2D eigenvalue weighted by molar-refractivity contribution is 7.18. The number of piperidine rings is 1. The van der Waals surface area contributed by atoms with Gasteiger partial charge in [-0.2, -0.15) is 0 Å². The SMILES string of the molecule is CCCCNC(=O)c1sc(N2CCCC(N)C2)nc1N. The molecule has 1 aliphatic rings. The van der Waals surface area contributed by atoms with Gasteiger partial charge < -0.3 is 21.7 Å². The van der Waals surface area contributed by atoms with Crippen LogP contribution in [-0.4, -0.2) is 36.6 Å². The quantitative estimate of drug-likeness (QED) is 0.709. The standard InChI is InChI=1S/C13H23N5OS/c1-2-3-6-16-12(19)10-11(15)17-13(20-10)18-7-4-5-9(14)8-18/h9H,2-8,14-15H2,1H3,(H,16,19). The summed E-state index contributed by atoms with van der Waals surface area (Å²) in [6.45, 7) is 4.48. The van der Waals surface area contributed by atoms with Gasteiger partial charge in [-0.25, -0.2) is 4.98 Å². The third-order valence-electron chi connectivity index (χ3n) is 3.39. The Labute approximate surface area is 123 Å². The number of carbonyl (C=O) groups excluding carboxylic acids is 1. The molecule has 0 spiro atoms. The number of hydrogen-bond acceptors (Lipinski definition) is 6. The lowest BCUT2D eigenvalue weighted by molar-refractivity contribution is 0.0958. The zero-order valence-electron chi connectivity index (χ0n) is 11.9. The third kappa shape index (κ3) is 3.61. The van der Waals surface area contributed by atoms with E-state index in [-0.39, 0.29) is 11.9 Å². The lowest BCUT2D eigenvalue weighted by Gasteiger charge is -2.30. The Balaban J connectivity index is 2.03. The molecule has 0 bridgehead atoms. The van der Waals surface area contributed by atoms with Crippen molar-refractivity contribution in [3.8, 4) is 0 Å². The second kappa shape index (κ2) is 6.90. The first-order chi connectivity index (χ1) is 9.61. The highest BCUT2D eigenvalue weighted by Gasteiger charge is 2.23. The van der Waals surface area contributed by atoms with E-state index in [9.17, 15) is 4.79 Å². The van der Waals surface area contributed by atoms with Crippen molar-refractivity contribution in [1.29, 1.82) is 0 Å². The summed E-state index contributed by atoms with van der Waals surface area (Å²) >= 11 is 1.36. The largest absolute Gasteiger partial charge is 0.382 e. The fraction of sp³-hybridized carbons (Fsp3) is 0.692. The molecule has 1 atom stereocenters. The fourth-order valence-corrected chi connectivity index (χ4v) is 3.20. The number of hydrogen-bond donors (Lipinski definition) is 3. The smallest absolute Gasteiger partial charge is 0.265 e. The molecule has 1 fully saturated rings. The molecule has 1 aromatic heterocycles. The first-order valence-corrected chi connectivity index (χ1v) is 7.98. The van der Waals surface area contributed by atoms with E-state index in [0.717, 1.165) is 43.9 Å². The molecular formula is C13H23N5OS. The van der Waals surface area contributed by atoms with Gasteiger partial charge in [0.25, 0.3) is 5.91 Å². The van der Waals surface area contributed by atoms with E-state index in [1.54, 1.807) is 0 Å². The molecule has 7 heteroatoms. The maximum absolute atomic E-state index is 12.0.